The van der Waals surface area contributed by atoms with E-state index in [-0.39, 0.29) is 5.56 Å². The summed E-state index contributed by atoms with van der Waals surface area (Å²) < 4.78 is 5.63. The number of nitriles is 1. The van der Waals surface area contributed by atoms with Gasteiger partial charge < -0.3 is 14.4 Å². The summed E-state index contributed by atoms with van der Waals surface area (Å²) in [4.78, 5) is 26.4. The smallest absolute Gasteiger partial charge is 0.346 e. The molecule has 50 heavy (non-hydrogen) atoms. The van der Waals surface area contributed by atoms with Gasteiger partial charge in [-0.15, -0.1) is 0 Å². The zero-order valence-electron chi connectivity index (χ0n) is 29.1. The Balaban J connectivity index is 1.44. The highest BCUT2D eigenvalue weighted by molar-refractivity contribution is 6.00. The maximum absolute atomic E-state index is 12.8. The van der Waals surface area contributed by atoms with E-state index in [9.17, 15) is 14.7 Å². The molecule has 0 amide bonds. The topological polar surface area (TPSA) is 94.5 Å². The lowest BCUT2D eigenvalue weighted by molar-refractivity contribution is -0.132. The molecule has 1 aliphatic carbocycles. The largest absolute Gasteiger partial charge is 0.477 e. The fourth-order valence-corrected chi connectivity index (χ4v) is 6.76. The molecule has 0 saturated heterocycles. The Bertz CT molecular complexity index is 2440. The van der Waals surface area contributed by atoms with Crippen LogP contribution in [0.2, 0.25) is 0 Å². The second kappa shape index (κ2) is 13.7. The second-order valence-electron chi connectivity index (χ2n) is 13.1. The molecule has 4 aromatic carbocycles. The van der Waals surface area contributed by atoms with Gasteiger partial charge in [0.15, 0.2) is 0 Å². The number of fused-ring (bicyclic) bond motifs is 2. The molecule has 0 atom stereocenters. The first-order valence-electron chi connectivity index (χ1n) is 16.5. The number of rotatable bonds is 7. The standard InChI is InChI=1S/C44H38N2O4/c1-26-7-8-28(3)42(31(6)17-26)46(38-13-9-32(10-14-38)11-16-40-29(4)18-27(2)19-30(40)5)39-15-12-33-20-35-21-36(22-37(25-45)43(47)48)44(49)50-41(35)24-34(33)23-39/h7,9-24H,8H2,1-6H3,(H,47,48)/b16-11+,37-22+. The van der Waals surface area contributed by atoms with E-state index in [2.05, 4.69) is 119 Å². The first kappa shape index (κ1) is 33.7. The molecule has 6 heteroatoms. The van der Waals surface area contributed by atoms with Crippen molar-refractivity contribution < 1.29 is 14.3 Å². The van der Waals surface area contributed by atoms with Gasteiger partial charge in [0.25, 0.3) is 0 Å². The third-order valence-corrected chi connectivity index (χ3v) is 9.12. The van der Waals surface area contributed by atoms with Crippen molar-refractivity contribution in [2.24, 2.45) is 0 Å². The Morgan fingerprint density at radius 2 is 1.54 bits per heavy atom. The van der Waals surface area contributed by atoms with E-state index in [0.717, 1.165) is 51.5 Å². The molecular weight excluding hydrogens is 620 g/mol. The minimum Gasteiger partial charge on any atom is -0.477 e. The molecule has 1 aliphatic rings. The number of carboxylic acids is 1. The van der Waals surface area contributed by atoms with E-state index in [4.69, 9.17) is 9.68 Å². The summed E-state index contributed by atoms with van der Waals surface area (Å²) in [6.07, 6.45) is 10.7. The van der Waals surface area contributed by atoms with Crippen LogP contribution in [-0.2, 0) is 4.79 Å². The number of allylic oxidation sites excluding steroid dienone is 5. The van der Waals surface area contributed by atoms with Gasteiger partial charge in [0, 0.05) is 22.5 Å². The summed E-state index contributed by atoms with van der Waals surface area (Å²) in [5, 5.41) is 20.8. The highest BCUT2D eigenvalue weighted by Crippen LogP contribution is 2.39. The van der Waals surface area contributed by atoms with Crippen LogP contribution in [-0.4, -0.2) is 11.1 Å². The van der Waals surface area contributed by atoms with Gasteiger partial charge in [0.1, 0.15) is 17.2 Å². The minimum atomic E-state index is -1.41. The summed E-state index contributed by atoms with van der Waals surface area (Å²) >= 11 is 0. The average molecular weight is 659 g/mol. The fourth-order valence-electron chi connectivity index (χ4n) is 6.76. The van der Waals surface area contributed by atoms with E-state index < -0.39 is 17.2 Å². The van der Waals surface area contributed by atoms with Crippen molar-refractivity contribution in [2.45, 2.75) is 48.0 Å². The number of hydrogen-bond donors (Lipinski definition) is 1. The van der Waals surface area contributed by atoms with E-state index in [0.29, 0.717) is 11.0 Å². The van der Waals surface area contributed by atoms with E-state index in [1.54, 1.807) is 12.1 Å². The third kappa shape index (κ3) is 6.85. The number of hydrogen-bond acceptors (Lipinski definition) is 5. The van der Waals surface area contributed by atoms with E-state index >= 15 is 0 Å². The first-order chi connectivity index (χ1) is 23.9. The number of aliphatic carboxylic acids is 1. The van der Waals surface area contributed by atoms with Crippen LogP contribution in [0.5, 0.6) is 0 Å². The lowest BCUT2D eigenvalue weighted by atomic mass is 9.98. The van der Waals surface area contributed by atoms with E-state index in [1.165, 1.54) is 33.4 Å². The lowest BCUT2D eigenvalue weighted by Gasteiger charge is -2.30. The first-order valence-corrected chi connectivity index (χ1v) is 16.5. The molecule has 1 N–H and O–H groups in total. The van der Waals surface area contributed by atoms with Crippen molar-refractivity contribution in [2.75, 3.05) is 4.90 Å². The van der Waals surface area contributed by atoms with Crippen molar-refractivity contribution >= 4 is 57.3 Å². The monoisotopic (exact) mass is 658 g/mol. The summed E-state index contributed by atoms with van der Waals surface area (Å²) in [6.45, 7) is 12.9. The van der Waals surface area contributed by atoms with Gasteiger partial charge in [0.2, 0.25) is 0 Å². The summed E-state index contributed by atoms with van der Waals surface area (Å²) in [6, 6.07) is 26.1. The molecule has 1 aromatic heterocycles. The fraction of sp³-hybridized carbons (Fsp3) is 0.159. The second-order valence-corrected chi connectivity index (χ2v) is 13.1. The SMILES string of the molecule is CC1=CCC(C)=C(N(c2ccc(/C=C/c3c(C)cc(C)cc3C)cc2)c2ccc3cc4cc(/C=C(\C#N)C(=O)O)c(=O)oc4cc3c2)C(C)=C1. The maximum Gasteiger partial charge on any atom is 0.346 e. The van der Waals surface area contributed by atoms with E-state index in [1.807, 2.05) is 18.2 Å². The highest BCUT2D eigenvalue weighted by atomic mass is 16.4. The zero-order chi connectivity index (χ0) is 35.7. The summed E-state index contributed by atoms with van der Waals surface area (Å²) in [5.74, 6) is -1.41. The van der Waals surface area contributed by atoms with Gasteiger partial charge in [-0.1, -0.05) is 65.8 Å². The number of nitrogens with zero attached hydrogens (tertiary/aromatic N) is 2. The van der Waals surface area contributed by atoms with Crippen LogP contribution in [0.3, 0.4) is 0 Å². The molecule has 0 fully saturated rings. The molecule has 0 aliphatic heterocycles. The molecule has 0 spiro atoms. The summed E-state index contributed by atoms with van der Waals surface area (Å²) in [7, 11) is 0. The quantitative estimate of drug-likeness (QED) is 0.0615. The van der Waals surface area contributed by atoms with Crippen LogP contribution in [0.4, 0.5) is 11.4 Å². The average Bonchev–Trinajstić information content (AvgIpc) is 3.19. The number of carbonyl (C=O) groups is 1. The van der Waals surface area contributed by atoms with Crippen LogP contribution in [0, 0.1) is 32.1 Å². The molecule has 0 radical (unpaired) electrons. The molecule has 6 nitrogen and oxygen atoms in total. The van der Waals surface area contributed by atoms with Gasteiger partial charge in [-0.25, -0.2) is 9.59 Å². The molecule has 0 bridgehead atoms. The Kier molecular flexibility index (Phi) is 9.26. The van der Waals surface area contributed by atoms with Crippen molar-refractivity contribution in [1.82, 2.24) is 0 Å². The van der Waals surface area contributed by atoms with Crippen LogP contribution in [0.1, 0.15) is 60.6 Å². The van der Waals surface area contributed by atoms with Crippen molar-refractivity contribution in [1.29, 1.82) is 5.26 Å². The number of anilines is 2. The van der Waals surface area contributed by atoms with Gasteiger partial charge in [0.05, 0.1) is 5.56 Å². The van der Waals surface area contributed by atoms with Crippen LogP contribution >= 0.6 is 0 Å². The van der Waals surface area contributed by atoms with Gasteiger partial charge >= 0.3 is 11.6 Å². The molecule has 0 unspecified atom stereocenters. The third-order valence-electron chi connectivity index (χ3n) is 9.12. The maximum atomic E-state index is 12.8. The molecule has 248 valence electrons. The summed E-state index contributed by atoms with van der Waals surface area (Å²) in [5.41, 5.74) is 12.0. The van der Waals surface area contributed by atoms with Crippen LogP contribution in [0.15, 0.2) is 122 Å². The van der Waals surface area contributed by atoms with Gasteiger partial charge in [-0.3, -0.25) is 0 Å². The number of aryl methyl sites for hydroxylation is 3. The minimum absolute atomic E-state index is 0.00274. The van der Waals surface area contributed by atoms with Crippen molar-refractivity contribution in [3.05, 3.63) is 157 Å². The number of benzene rings is 4. The highest BCUT2D eigenvalue weighted by Gasteiger charge is 2.21. The van der Waals surface area contributed by atoms with Crippen molar-refractivity contribution in [3.63, 3.8) is 0 Å². The van der Waals surface area contributed by atoms with Gasteiger partial charge in [-0.2, -0.15) is 5.26 Å². The zero-order valence-corrected chi connectivity index (χ0v) is 29.1. The Morgan fingerprint density at radius 1 is 0.840 bits per heavy atom. The Hall–Kier alpha value is -6.19. The van der Waals surface area contributed by atoms with Crippen molar-refractivity contribution in [3.8, 4) is 6.07 Å². The molecule has 6 rings (SSSR count). The van der Waals surface area contributed by atoms with Crippen LogP contribution in [0.25, 0.3) is 40.0 Å². The lowest BCUT2D eigenvalue weighted by Crippen LogP contribution is -2.19. The predicted octanol–water partition coefficient (Wildman–Crippen LogP) is 10.7. The normalized spacial score (nSPS) is 13.7. The molecular formula is C44H38N2O4. The molecule has 1 heterocycles. The van der Waals surface area contributed by atoms with Crippen LogP contribution < -0.4 is 10.5 Å². The Labute approximate surface area is 291 Å². The molecule has 5 aromatic rings. The number of carboxylic acid groups (broad SMARTS) is 1. The molecule has 0 saturated carbocycles. The Morgan fingerprint density at radius 3 is 2.22 bits per heavy atom. The predicted molar refractivity (Wildman–Crippen MR) is 204 cm³/mol. The van der Waals surface area contributed by atoms with Gasteiger partial charge in [-0.05, 0) is 141 Å².